The lowest BCUT2D eigenvalue weighted by molar-refractivity contribution is 0.106. The molecule has 7 nitrogen and oxygen atoms in total. The van der Waals surface area contributed by atoms with Gasteiger partial charge in [0.2, 0.25) is 0 Å². The highest BCUT2D eigenvalue weighted by Crippen LogP contribution is 2.32. The molecule has 0 saturated carbocycles. The summed E-state index contributed by atoms with van der Waals surface area (Å²) in [6.07, 6.45) is 5.74. The average Bonchev–Trinajstić information content (AvgIpc) is 3.20. The number of aryl methyl sites for hydroxylation is 1. The van der Waals surface area contributed by atoms with Crippen molar-refractivity contribution in [1.82, 2.24) is 29.6 Å². The van der Waals surface area contributed by atoms with E-state index >= 15 is 0 Å². The van der Waals surface area contributed by atoms with E-state index in [0.29, 0.717) is 0 Å². The van der Waals surface area contributed by atoms with Crippen molar-refractivity contribution in [3.8, 4) is 0 Å². The molecule has 1 N–H and O–H groups in total. The van der Waals surface area contributed by atoms with Crippen molar-refractivity contribution < 1.29 is 4.74 Å². The van der Waals surface area contributed by atoms with Crippen molar-refractivity contribution >= 4 is 0 Å². The van der Waals surface area contributed by atoms with Crippen LogP contribution in [0.15, 0.2) is 12.4 Å². The van der Waals surface area contributed by atoms with Crippen molar-refractivity contribution in [2.75, 3.05) is 13.7 Å². The van der Waals surface area contributed by atoms with Crippen LogP contribution in [0.1, 0.15) is 36.9 Å². The van der Waals surface area contributed by atoms with Crippen LogP contribution in [-0.2, 0) is 24.8 Å². The smallest absolute Gasteiger partial charge is 0.146 e. The zero-order chi connectivity index (χ0) is 14.8. The lowest BCUT2D eigenvalue weighted by atomic mass is 10.2. The molecule has 1 aliphatic rings. The summed E-state index contributed by atoms with van der Waals surface area (Å²) in [7, 11) is 3.80. The summed E-state index contributed by atoms with van der Waals surface area (Å²) in [5.41, 5.74) is 0. The van der Waals surface area contributed by atoms with E-state index in [0.717, 1.165) is 43.4 Å². The second-order valence-corrected chi connectivity index (χ2v) is 5.46. The Morgan fingerprint density at radius 2 is 2.19 bits per heavy atom. The molecule has 114 valence electrons. The molecule has 2 atom stereocenters. The van der Waals surface area contributed by atoms with Crippen LogP contribution < -0.4 is 0 Å². The maximum Gasteiger partial charge on any atom is 0.146 e. The zero-order valence-corrected chi connectivity index (χ0v) is 12.8. The first-order chi connectivity index (χ1) is 10.2. The molecule has 1 fully saturated rings. The first-order valence-corrected chi connectivity index (χ1v) is 7.36. The van der Waals surface area contributed by atoms with E-state index < -0.39 is 0 Å². The van der Waals surface area contributed by atoms with Crippen molar-refractivity contribution in [2.24, 2.45) is 7.05 Å². The third kappa shape index (κ3) is 2.71. The van der Waals surface area contributed by atoms with Gasteiger partial charge in [-0.25, -0.2) is 4.98 Å². The molecule has 0 aliphatic carbocycles. The fraction of sp³-hybridized carbons (Fsp3) is 0.643. The Morgan fingerprint density at radius 1 is 1.38 bits per heavy atom. The molecule has 1 saturated heterocycles. The van der Waals surface area contributed by atoms with Crippen molar-refractivity contribution in [3.05, 3.63) is 29.9 Å². The number of rotatable bonds is 5. The van der Waals surface area contributed by atoms with E-state index in [1.165, 1.54) is 0 Å². The van der Waals surface area contributed by atoms with Gasteiger partial charge in [0.15, 0.2) is 0 Å². The predicted molar refractivity (Wildman–Crippen MR) is 77.5 cm³/mol. The Balaban J connectivity index is 1.80. The van der Waals surface area contributed by atoms with E-state index in [4.69, 9.17) is 4.74 Å². The van der Waals surface area contributed by atoms with Crippen LogP contribution in [0.5, 0.6) is 0 Å². The van der Waals surface area contributed by atoms with Crippen molar-refractivity contribution in [3.63, 3.8) is 0 Å². The maximum atomic E-state index is 5.54. The van der Waals surface area contributed by atoms with Gasteiger partial charge in [0.1, 0.15) is 17.5 Å². The van der Waals surface area contributed by atoms with Crippen LogP contribution in [0.2, 0.25) is 0 Å². The van der Waals surface area contributed by atoms with E-state index in [1.54, 1.807) is 13.3 Å². The van der Waals surface area contributed by atoms with Gasteiger partial charge in [-0.1, -0.05) is 6.92 Å². The maximum absolute atomic E-state index is 5.54. The monoisotopic (exact) mass is 290 g/mol. The van der Waals surface area contributed by atoms with Gasteiger partial charge in [0, 0.05) is 39.5 Å². The number of H-pyrrole nitrogens is 1. The normalized spacial score (nSPS) is 23.0. The topological polar surface area (TPSA) is 71.9 Å². The minimum Gasteiger partial charge on any atom is -0.380 e. The fourth-order valence-corrected chi connectivity index (χ4v) is 2.98. The molecule has 0 aromatic carbocycles. The zero-order valence-electron chi connectivity index (χ0n) is 12.8. The van der Waals surface area contributed by atoms with Gasteiger partial charge in [-0.3, -0.25) is 4.90 Å². The summed E-state index contributed by atoms with van der Waals surface area (Å²) in [5, 5.41) is 8.55. The molecule has 3 rings (SSSR count). The molecule has 1 aliphatic heterocycles. The largest absolute Gasteiger partial charge is 0.380 e. The Morgan fingerprint density at radius 3 is 2.81 bits per heavy atom. The van der Waals surface area contributed by atoms with Crippen LogP contribution in [0.25, 0.3) is 0 Å². The first kappa shape index (κ1) is 14.2. The number of imidazole rings is 1. The summed E-state index contributed by atoms with van der Waals surface area (Å²) >= 11 is 0. The number of nitrogens with one attached hydrogen (secondary N) is 1. The minimum atomic E-state index is 0.235. The van der Waals surface area contributed by atoms with Crippen LogP contribution in [0.4, 0.5) is 0 Å². The Kier molecular flexibility index (Phi) is 4.03. The van der Waals surface area contributed by atoms with E-state index in [2.05, 4.69) is 36.6 Å². The number of aromatic amines is 1. The van der Waals surface area contributed by atoms with Crippen molar-refractivity contribution in [1.29, 1.82) is 0 Å². The van der Waals surface area contributed by atoms with Gasteiger partial charge >= 0.3 is 0 Å². The molecule has 21 heavy (non-hydrogen) atoms. The summed E-state index contributed by atoms with van der Waals surface area (Å²) in [6, 6.07) is 0.242. The van der Waals surface area contributed by atoms with Gasteiger partial charge in [0.05, 0.1) is 18.7 Å². The molecule has 0 radical (unpaired) electrons. The van der Waals surface area contributed by atoms with E-state index in [9.17, 15) is 0 Å². The molecule has 3 heterocycles. The van der Waals surface area contributed by atoms with Gasteiger partial charge < -0.3 is 14.3 Å². The summed E-state index contributed by atoms with van der Waals surface area (Å²) in [6.45, 7) is 3.74. The SMILES string of the molecule is CCc1nnc(CN2C[C@H](OC)CC2c2ncc[nH]2)n1C. The lowest BCUT2D eigenvalue weighted by Gasteiger charge is -2.21. The number of nitrogens with zero attached hydrogens (tertiary/aromatic N) is 5. The molecule has 1 unspecified atom stereocenters. The molecular weight excluding hydrogens is 268 g/mol. The highest BCUT2D eigenvalue weighted by molar-refractivity contribution is 5.04. The van der Waals surface area contributed by atoms with Crippen LogP contribution >= 0.6 is 0 Å². The number of hydrogen-bond donors (Lipinski definition) is 1. The Hall–Kier alpha value is -1.73. The first-order valence-electron chi connectivity index (χ1n) is 7.36. The number of likely N-dealkylation sites (tertiary alicyclic amines) is 1. The quantitative estimate of drug-likeness (QED) is 0.891. The fourth-order valence-electron chi connectivity index (χ4n) is 2.98. The average molecular weight is 290 g/mol. The Labute approximate surface area is 124 Å². The molecule has 0 spiro atoms. The number of hydrogen-bond acceptors (Lipinski definition) is 5. The molecule has 0 amide bonds. The minimum absolute atomic E-state index is 0.235. The molecule has 0 bridgehead atoms. The van der Waals surface area contributed by atoms with Crippen LogP contribution in [0.3, 0.4) is 0 Å². The lowest BCUT2D eigenvalue weighted by Crippen LogP contribution is -2.26. The number of aromatic nitrogens is 5. The second kappa shape index (κ2) is 5.95. The highest BCUT2D eigenvalue weighted by Gasteiger charge is 2.35. The van der Waals surface area contributed by atoms with Crippen LogP contribution in [-0.4, -0.2) is 49.4 Å². The summed E-state index contributed by atoms with van der Waals surface area (Å²) < 4.78 is 7.62. The molecule has 7 heteroatoms. The predicted octanol–water partition coefficient (Wildman–Crippen LogP) is 1.06. The van der Waals surface area contributed by atoms with E-state index in [1.807, 2.05) is 13.2 Å². The third-order valence-electron chi connectivity index (χ3n) is 4.25. The molecular formula is C14H22N6O. The Bertz CT molecular complexity index is 578. The van der Waals surface area contributed by atoms with Gasteiger partial charge in [-0.2, -0.15) is 0 Å². The standard InChI is InChI=1S/C14H22N6O/c1-4-12-17-18-13(19(12)2)9-20-8-10(21-3)7-11(20)14-15-5-6-16-14/h5-6,10-11H,4,7-9H2,1-3H3,(H,15,16)/t10-,11?/m1/s1. The summed E-state index contributed by atoms with van der Waals surface area (Å²) in [5.74, 6) is 3.00. The molecule has 2 aromatic heterocycles. The second-order valence-electron chi connectivity index (χ2n) is 5.46. The summed E-state index contributed by atoms with van der Waals surface area (Å²) in [4.78, 5) is 9.98. The van der Waals surface area contributed by atoms with Crippen LogP contribution in [0, 0.1) is 0 Å². The van der Waals surface area contributed by atoms with E-state index in [-0.39, 0.29) is 12.1 Å². The van der Waals surface area contributed by atoms with Gasteiger partial charge in [-0.15, -0.1) is 10.2 Å². The number of methoxy groups -OCH3 is 1. The van der Waals surface area contributed by atoms with Gasteiger partial charge in [0.25, 0.3) is 0 Å². The van der Waals surface area contributed by atoms with Gasteiger partial charge in [-0.05, 0) is 6.42 Å². The number of ether oxygens (including phenoxy) is 1. The highest BCUT2D eigenvalue weighted by atomic mass is 16.5. The van der Waals surface area contributed by atoms with Crippen molar-refractivity contribution in [2.45, 2.75) is 38.5 Å². The third-order valence-corrected chi connectivity index (χ3v) is 4.25. The molecule has 2 aromatic rings.